The Morgan fingerprint density at radius 1 is 1.17 bits per heavy atom. The van der Waals surface area contributed by atoms with Gasteiger partial charge in [-0.2, -0.15) is 0 Å². The van der Waals surface area contributed by atoms with E-state index in [0.717, 1.165) is 29.9 Å². The van der Waals surface area contributed by atoms with Crippen LogP contribution in [0, 0.1) is 0 Å². The molecule has 0 atom stereocenters. The Morgan fingerprint density at radius 2 is 2.03 bits per heavy atom. The van der Waals surface area contributed by atoms with Gasteiger partial charge >= 0.3 is 0 Å². The Kier molecular flexibility index (Phi) is 5.27. The van der Waals surface area contributed by atoms with E-state index in [-0.39, 0.29) is 11.3 Å². The number of fused-ring (bicyclic) bond motifs is 1. The Hall–Kier alpha value is -3.61. The zero-order valence-corrected chi connectivity index (χ0v) is 17.2. The van der Waals surface area contributed by atoms with E-state index in [0.29, 0.717) is 23.7 Å². The predicted octanol–water partition coefficient (Wildman–Crippen LogP) is 4.02. The van der Waals surface area contributed by atoms with Gasteiger partial charge in [-0.05, 0) is 59.4 Å². The fourth-order valence-electron chi connectivity index (χ4n) is 3.72. The van der Waals surface area contributed by atoms with Crippen molar-refractivity contribution in [1.29, 1.82) is 0 Å². The van der Waals surface area contributed by atoms with Crippen LogP contribution < -0.4 is 21.7 Å². The molecule has 30 heavy (non-hydrogen) atoms. The summed E-state index contributed by atoms with van der Waals surface area (Å²) in [6, 6.07) is 13.2. The van der Waals surface area contributed by atoms with Crippen LogP contribution in [0.4, 0.5) is 23.0 Å². The smallest absolute Gasteiger partial charge is 0.259 e. The normalized spacial score (nSPS) is 14.3. The summed E-state index contributed by atoms with van der Waals surface area (Å²) < 4.78 is 0. The molecule has 1 aromatic carbocycles. The number of carbonyl (C=O) groups is 1. The van der Waals surface area contributed by atoms with Gasteiger partial charge in [0.1, 0.15) is 11.6 Å². The fourth-order valence-corrected chi connectivity index (χ4v) is 3.72. The van der Waals surface area contributed by atoms with Crippen LogP contribution in [-0.4, -0.2) is 22.4 Å². The van der Waals surface area contributed by atoms with Crippen molar-refractivity contribution >= 4 is 28.9 Å². The third-order valence-corrected chi connectivity index (χ3v) is 5.43. The number of rotatable bonds is 5. The van der Waals surface area contributed by atoms with E-state index in [1.165, 1.54) is 5.56 Å². The van der Waals surface area contributed by atoms with E-state index < -0.39 is 0 Å². The lowest BCUT2D eigenvalue weighted by molar-refractivity contribution is 0.102. The Labute approximate surface area is 176 Å². The van der Waals surface area contributed by atoms with Gasteiger partial charge in [0.15, 0.2) is 0 Å². The van der Waals surface area contributed by atoms with E-state index in [2.05, 4.69) is 45.8 Å². The van der Waals surface area contributed by atoms with Crippen LogP contribution in [0.2, 0.25) is 0 Å². The molecule has 3 heterocycles. The van der Waals surface area contributed by atoms with Crippen LogP contribution in [0.1, 0.15) is 41.8 Å². The maximum Gasteiger partial charge on any atom is 0.259 e. The second-order valence-electron chi connectivity index (χ2n) is 8.12. The maximum atomic E-state index is 13.0. The van der Waals surface area contributed by atoms with E-state index in [1.807, 2.05) is 18.2 Å². The van der Waals surface area contributed by atoms with E-state index in [4.69, 9.17) is 5.73 Å². The number of nitrogens with one attached hydrogen (secondary N) is 3. The second-order valence-corrected chi connectivity index (χ2v) is 8.12. The summed E-state index contributed by atoms with van der Waals surface area (Å²) in [6.45, 7) is 5.90. The Morgan fingerprint density at radius 3 is 2.87 bits per heavy atom. The molecule has 3 aromatic rings. The third kappa shape index (κ3) is 4.20. The van der Waals surface area contributed by atoms with Gasteiger partial charge in [0.05, 0.1) is 5.56 Å². The van der Waals surface area contributed by atoms with Gasteiger partial charge in [0.25, 0.3) is 5.91 Å². The first-order chi connectivity index (χ1) is 14.4. The van der Waals surface area contributed by atoms with Crippen molar-refractivity contribution in [1.82, 2.24) is 9.97 Å². The quantitative estimate of drug-likeness (QED) is 0.514. The lowest BCUT2D eigenvalue weighted by atomic mass is 9.78. The molecular weight excluding hydrogens is 376 g/mol. The topological polar surface area (TPSA) is 105 Å². The van der Waals surface area contributed by atoms with Gasteiger partial charge in [-0.25, -0.2) is 9.97 Å². The summed E-state index contributed by atoms with van der Waals surface area (Å²) in [7, 11) is 0. The molecular formula is C23H26N6O. The van der Waals surface area contributed by atoms with E-state index in [1.54, 1.807) is 30.6 Å². The Bertz CT molecular complexity index is 1080. The summed E-state index contributed by atoms with van der Waals surface area (Å²) in [6.07, 6.45) is 4.40. The number of nitrogens with two attached hydrogens (primary N) is 1. The molecule has 154 valence electrons. The number of carbonyl (C=O) groups excluding carboxylic acids is 1. The molecule has 7 heteroatoms. The number of nitrogens with zero attached hydrogens (tertiary/aromatic N) is 2. The highest BCUT2D eigenvalue weighted by Gasteiger charge is 2.27. The monoisotopic (exact) mass is 402 g/mol. The summed E-state index contributed by atoms with van der Waals surface area (Å²) in [5.41, 5.74) is 10.4. The Balaban J connectivity index is 1.50. The molecule has 0 radical (unpaired) electrons. The van der Waals surface area contributed by atoms with Crippen molar-refractivity contribution < 1.29 is 4.79 Å². The van der Waals surface area contributed by atoms with Gasteiger partial charge in [-0.15, -0.1) is 0 Å². The molecule has 0 aliphatic carbocycles. The number of nitrogen functional groups attached to an aromatic ring is 1. The summed E-state index contributed by atoms with van der Waals surface area (Å²) in [4.78, 5) is 21.3. The van der Waals surface area contributed by atoms with E-state index in [9.17, 15) is 4.79 Å². The minimum atomic E-state index is -0.213. The number of hydrogen-bond donors (Lipinski definition) is 4. The summed E-state index contributed by atoms with van der Waals surface area (Å²) in [5, 5.41) is 9.65. The van der Waals surface area contributed by atoms with Crippen molar-refractivity contribution in [2.45, 2.75) is 32.2 Å². The molecule has 0 saturated carbocycles. The first-order valence-electron chi connectivity index (χ1n) is 10.0. The van der Waals surface area contributed by atoms with Gasteiger partial charge < -0.3 is 21.7 Å². The first-order valence-corrected chi connectivity index (χ1v) is 10.0. The van der Waals surface area contributed by atoms with Gasteiger partial charge in [-0.3, -0.25) is 4.79 Å². The fraction of sp³-hybridized carbons (Fsp3) is 0.261. The van der Waals surface area contributed by atoms with Crippen molar-refractivity contribution in [3.63, 3.8) is 0 Å². The number of pyridine rings is 2. The first kappa shape index (κ1) is 19.7. The van der Waals surface area contributed by atoms with Gasteiger partial charge in [-0.1, -0.05) is 19.9 Å². The van der Waals surface area contributed by atoms with Crippen molar-refractivity contribution in [2.75, 3.05) is 28.2 Å². The molecule has 1 amide bonds. The van der Waals surface area contributed by atoms with Crippen LogP contribution in [0.25, 0.3) is 0 Å². The number of hydrogen-bond acceptors (Lipinski definition) is 6. The molecule has 0 saturated heterocycles. The lowest BCUT2D eigenvalue weighted by Gasteiger charge is -2.33. The molecule has 0 spiro atoms. The van der Waals surface area contributed by atoms with Gasteiger partial charge in [0, 0.05) is 36.9 Å². The number of amides is 1. The van der Waals surface area contributed by atoms with Crippen LogP contribution in [0.15, 0.2) is 54.9 Å². The molecule has 4 rings (SSSR count). The van der Waals surface area contributed by atoms with Crippen LogP contribution in [-0.2, 0) is 12.0 Å². The molecule has 0 bridgehead atoms. The van der Waals surface area contributed by atoms with E-state index >= 15 is 0 Å². The van der Waals surface area contributed by atoms with Crippen molar-refractivity contribution in [2.24, 2.45) is 0 Å². The summed E-state index contributed by atoms with van der Waals surface area (Å²) >= 11 is 0. The zero-order chi connectivity index (χ0) is 21.1. The minimum absolute atomic E-state index is 0.125. The molecule has 0 unspecified atom stereocenters. The third-order valence-electron chi connectivity index (χ3n) is 5.43. The molecule has 2 aromatic heterocycles. The number of aromatic nitrogens is 2. The molecule has 1 aliphatic heterocycles. The number of benzene rings is 1. The average Bonchev–Trinajstić information content (AvgIpc) is 2.72. The molecule has 0 fully saturated rings. The largest absolute Gasteiger partial charge is 0.385 e. The highest BCUT2D eigenvalue weighted by atomic mass is 16.1. The molecule has 5 N–H and O–H groups in total. The van der Waals surface area contributed by atoms with Crippen molar-refractivity contribution in [3.05, 3.63) is 71.5 Å². The maximum absolute atomic E-state index is 13.0. The minimum Gasteiger partial charge on any atom is -0.385 e. The molecule has 1 aliphatic rings. The SMILES string of the molecule is CC1(C)CCNc2cc(NC(=O)c3cccnc3NCc3ccnc(N)c3)ccc21. The molecule has 7 nitrogen and oxygen atoms in total. The highest BCUT2D eigenvalue weighted by Crippen LogP contribution is 2.37. The van der Waals surface area contributed by atoms with Gasteiger partial charge in [0.2, 0.25) is 0 Å². The predicted molar refractivity (Wildman–Crippen MR) is 121 cm³/mol. The average molecular weight is 403 g/mol. The summed E-state index contributed by atoms with van der Waals surface area (Å²) in [5.74, 6) is 0.759. The highest BCUT2D eigenvalue weighted by molar-refractivity contribution is 6.07. The standard InChI is InChI=1S/C23H26N6O/c1-23(2)8-11-25-19-13-16(5-6-18(19)23)29-22(30)17-4-3-9-27-21(17)28-14-15-7-10-26-20(24)12-15/h3-7,9-10,12-13,25H,8,11,14H2,1-2H3,(H2,24,26)(H,27,28)(H,29,30). The van der Waals surface area contributed by atoms with Crippen molar-refractivity contribution in [3.8, 4) is 0 Å². The lowest BCUT2D eigenvalue weighted by Crippen LogP contribution is -2.28. The van der Waals surface area contributed by atoms with Crippen LogP contribution in [0.3, 0.4) is 0 Å². The van der Waals surface area contributed by atoms with Crippen LogP contribution >= 0.6 is 0 Å². The number of anilines is 4. The van der Waals surface area contributed by atoms with Crippen LogP contribution in [0.5, 0.6) is 0 Å². The second kappa shape index (κ2) is 8.02. The zero-order valence-electron chi connectivity index (χ0n) is 17.2.